The largest absolute Gasteiger partial charge is 0.311 e. The number of hydrogen-bond acceptors (Lipinski definition) is 2. The van der Waals surface area contributed by atoms with Crippen molar-refractivity contribution in [2.45, 2.75) is 76.9 Å². The van der Waals surface area contributed by atoms with Crippen LogP contribution in [0.5, 0.6) is 0 Å². The van der Waals surface area contributed by atoms with Crippen LogP contribution in [0.3, 0.4) is 0 Å². The second kappa shape index (κ2) is 5.05. The minimum atomic E-state index is 0.515. The lowest BCUT2D eigenvalue weighted by molar-refractivity contribution is 0.00888. The fourth-order valence-corrected chi connectivity index (χ4v) is 3.57. The summed E-state index contributed by atoms with van der Waals surface area (Å²) in [6.45, 7) is 9.55. The topological polar surface area (TPSA) is 15.3 Å². The number of nitrogens with zero attached hydrogens (tertiary/aromatic N) is 1. The average molecular weight is 224 g/mol. The van der Waals surface area contributed by atoms with Crippen molar-refractivity contribution in [2.75, 3.05) is 13.1 Å². The fourth-order valence-electron chi connectivity index (χ4n) is 3.57. The van der Waals surface area contributed by atoms with E-state index in [1.807, 2.05) is 0 Å². The molecule has 1 N–H and O–H groups in total. The molecule has 0 radical (unpaired) electrons. The normalized spacial score (nSPS) is 32.1. The van der Waals surface area contributed by atoms with Crippen molar-refractivity contribution in [3.8, 4) is 0 Å². The highest BCUT2D eigenvalue weighted by Gasteiger charge is 2.44. The Morgan fingerprint density at radius 3 is 2.56 bits per heavy atom. The second-order valence-corrected chi connectivity index (χ2v) is 5.83. The first-order valence-electron chi connectivity index (χ1n) is 7.22. The Morgan fingerprint density at radius 1 is 1.31 bits per heavy atom. The summed E-state index contributed by atoms with van der Waals surface area (Å²) >= 11 is 0. The molecule has 2 heteroatoms. The van der Waals surface area contributed by atoms with Crippen LogP contribution in [-0.4, -0.2) is 35.6 Å². The van der Waals surface area contributed by atoms with Gasteiger partial charge in [0.25, 0.3) is 0 Å². The summed E-state index contributed by atoms with van der Waals surface area (Å²) in [7, 11) is 0. The second-order valence-electron chi connectivity index (χ2n) is 5.83. The van der Waals surface area contributed by atoms with E-state index in [1.54, 1.807) is 0 Å². The van der Waals surface area contributed by atoms with Gasteiger partial charge in [-0.1, -0.05) is 26.7 Å². The van der Waals surface area contributed by atoms with Gasteiger partial charge in [-0.15, -0.1) is 0 Å². The van der Waals surface area contributed by atoms with Crippen LogP contribution in [0.25, 0.3) is 0 Å². The molecule has 1 aliphatic heterocycles. The van der Waals surface area contributed by atoms with Gasteiger partial charge in [-0.25, -0.2) is 0 Å². The van der Waals surface area contributed by atoms with E-state index < -0.39 is 0 Å². The van der Waals surface area contributed by atoms with Crippen LogP contribution >= 0.6 is 0 Å². The third kappa shape index (κ3) is 2.14. The zero-order valence-corrected chi connectivity index (χ0v) is 11.3. The molecule has 1 spiro atoms. The number of hydrogen-bond donors (Lipinski definition) is 1. The van der Waals surface area contributed by atoms with Gasteiger partial charge in [-0.3, -0.25) is 4.90 Å². The SMILES string of the molecule is CCC1CN(C(C)CC)C2(CCCC2)CN1. The van der Waals surface area contributed by atoms with E-state index in [9.17, 15) is 0 Å². The van der Waals surface area contributed by atoms with Crippen LogP contribution < -0.4 is 5.32 Å². The molecule has 1 saturated heterocycles. The van der Waals surface area contributed by atoms with Crippen molar-refractivity contribution in [3.05, 3.63) is 0 Å². The molecule has 0 aromatic heterocycles. The molecule has 2 aliphatic rings. The summed E-state index contributed by atoms with van der Waals surface area (Å²) in [6, 6.07) is 1.48. The summed E-state index contributed by atoms with van der Waals surface area (Å²) in [6.07, 6.45) is 8.26. The Bertz CT molecular complexity index is 221. The molecule has 2 atom stereocenters. The molecule has 2 rings (SSSR count). The van der Waals surface area contributed by atoms with E-state index in [2.05, 4.69) is 31.0 Å². The predicted octanol–water partition coefficient (Wildman–Crippen LogP) is 2.78. The van der Waals surface area contributed by atoms with Gasteiger partial charge >= 0.3 is 0 Å². The molecular formula is C14H28N2. The molecular weight excluding hydrogens is 196 g/mol. The van der Waals surface area contributed by atoms with Gasteiger partial charge in [0.15, 0.2) is 0 Å². The number of piperazine rings is 1. The van der Waals surface area contributed by atoms with Gasteiger partial charge in [0.1, 0.15) is 0 Å². The summed E-state index contributed by atoms with van der Waals surface area (Å²) in [5.74, 6) is 0. The lowest BCUT2D eigenvalue weighted by atomic mass is 9.88. The zero-order valence-electron chi connectivity index (χ0n) is 11.3. The van der Waals surface area contributed by atoms with Gasteiger partial charge < -0.3 is 5.32 Å². The smallest absolute Gasteiger partial charge is 0.0337 e. The molecule has 2 nitrogen and oxygen atoms in total. The average Bonchev–Trinajstić information content (AvgIpc) is 2.78. The fraction of sp³-hybridized carbons (Fsp3) is 1.00. The van der Waals surface area contributed by atoms with Crippen LogP contribution in [0.15, 0.2) is 0 Å². The highest BCUT2D eigenvalue weighted by molar-refractivity contribution is 5.02. The van der Waals surface area contributed by atoms with Crippen molar-refractivity contribution in [2.24, 2.45) is 0 Å². The third-order valence-electron chi connectivity index (χ3n) is 4.90. The molecule has 1 saturated carbocycles. The first kappa shape index (κ1) is 12.4. The highest BCUT2D eigenvalue weighted by atomic mass is 15.3. The van der Waals surface area contributed by atoms with Crippen molar-refractivity contribution in [1.82, 2.24) is 10.2 Å². The van der Waals surface area contributed by atoms with Crippen LogP contribution in [0, 0.1) is 0 Å². The lowest BCUT2D eigenvalue weighted by Crippen LogP contribution is -2.65. The number of rotatable bonds is 3. The van der Waals surface area contributed by atoms with Crippen LogP contribution in [0.4, 0.5) is 0 Å². The lowest BCUT2D eigenvalue weighted by Gasteiger charge is -2.51. The summed E-state index contributed by atoms with van der Waals surface area (Å²) in [5, 5.41) is 3.77. The monoisotopic (exact) mass is 224 g/mol. The Labute approximate surface area is 101 Å². The van der Waals surface area contributed by atoms with Gasteiger partial charge in [-0.05, 0) is 32.6 Å². The molecule has 1 heterocycles. The third-order valence-corrected chi connectivity index (χ3v) is 4.90. The maximum atomic E-state index is 3.77. The molecule has 0 bridgehead atoms. The first-order chi connectivity index (χ1) is 7.72. The Morgan fingerprint density at radius 2 is 2.00 bits per heavy atom. The predicted molar refractivity (Wildman–Crippen MR) is 69.7 cm³/mol. The van der Waals surface area contributed by atoms with Gasteiger partial charge in [0.05, 0.1) is 0 Å². The maximum absolute atomic E-state index is 3.77. The van der Waals surface area contributed by atoms with Crippen LogP contribution in [-0.2, 0) is 0 Å². The Hall–Kier alpha value is -0.0800. The van der Waals surface area contributed by atoms with E-state index in [0.29, 0.717) is 5.54 Å². The molecule has 94 valence electrons. The van der Waals surface area contributed by atoms with Crippen molar-refractivity contribution >= 4 is 0 Å². The van der Waals surface area contributed by atoms with Crippen molar-refractivity contribution in [3.63, 3.8) is 0 Å². The maximum Gasteiger partial charge on any atom is 0.0337 e. The van der Waals surface area contributed by atoms with E-state index in [4.69, 9.17) is 0 Å². The summed E-state index contributed by atoms with van der Waals surface area (Å²) in [4.78, 5) is 2.84. The van der Waals surface area contributed by atoms with Gasteiger partial charge in [0.2, 0.25) is 0 Å². The van der Waals surface area contributed by atoms with E-state index in [0.717, 1.165) is 12.1 Å². The minimum absolute atomic E-state index is 0.515. The Kier molecular flexibility index (Phi) is 3.91. The quantitative estimate of drug-likeness (QED) is 0.793. The van der Waals surface area contributed by atoms with Gasteiger partial charge in [-0.2, -0.15) is 0 Å². The highest BCUT2D eigenvalue weighted by Crippen LogP contribution is 2.38. The molecule has 2 unspecified atom stereocenters. The van der Waals surface area contributed by atoms with Crippen molar-refractivity contribution in [1.29, 1.82) is 0 Å². The van der Waals surface area contributed by atoms with E-state index >= 15 is 0 Å². The standard InChI is InChI=1S/C14H28N2/c1-4-12(3)16-10-13(5-2)15-11-14(16)8-6-7-9-14/h12-13,15H,4-11H2,1-3H3. The molecule has 1 aliphatic carbocycles. The van der Waals surface area contributed by atoms with Gasteiger partial charge in [0, 0.05) is 30.7 Å². The molecule has 0 aromatic carbocycles. The number of nitrogens with one attached hydrogen (secondary N) is 1. The summed E-state index contributed by atoms with van der Waals surface area (Å²) < 4.78 is 0. The zero-order chi connectivity index (χ0) is 11.6. The minimum Gasteiger partial charge on any atom is -0.311 e. The Balaban J connectivity index is 2.11. The first-order valence-corrected chi connectivity index (χ1v) is 7.22. The molecule has 0 amide bonds. The summed E-state index contributed by atoms with van der Waals surface area (Å²) in [5.41, 5.74) is 0.515. The van der Waals surface area contributed by atoms with E-state index in [-0.39, 0.29) is 0 Å². The molecule has 16 heavy (non-hydrogen) atoms. The molecule has 2 fully saturated rings. The van der Waals surface area contributed by atoms with Crippen LogP contribution in [0.2, 0.25) is 0 Å². The van der Waals surface area contributed by atoms with Crippen molar-refractivity contribution < 1.29 is 0 Å². The van der Waals surface area contributed by atoms with Crippen LogP contribution in [0.1, 0.15) is 59.3 Å². The van der Waals surface area contributed by atoms with E-state index in [1.165, 1.54) is 51.6 Å². The molecule has 0 aromatic rings.